The van der Waals surface area contributed by atoms with E-state index in [1.165, 1.54) is 17.0 Å². The Balaban J connectivity index is 2.11. The third-order valence-electron chi connectivity index (χ3n) is 3.65. The lowest BCUT2D eigenvalue weighted by Crippen LogP contribution is -2.41. The summed E-state index contributed by atoms with van der Waals surface area (Å²) in [4.78, 5) is 23.9. The minimum atomic E-state index is -0.912. The number of unbranched alkanes of at least 4 members (excludes halogenated alkanes) is 2. The Morgan fingerprint density at radius 3 is 2.48 bits per heavy atom. The zero-order valence-electron chi connectivity index (χ0n) is 13.7. The molecule has 1 atom stereocenters. The molecule has 1 rings (SSSR count). The van der Waals surface area contributed by atoms with Crippen molar-refractivity contribution in [1.29, 1.82) is 0 Å². The molecule has 5 nitrogen and oxygen atoms in total. The molecule has 0 aliphatic carbocycles. The van der Waals surface area contributed by atoms with E-state index in [-0.39, 0.29) is 18.4 Å². The maximum atomic E-state index is 12.8. The normalized spacial score (nSPS) is 11.8. The third kappa shape index (κ3) is 7.63. The second-order valence-corrected chi connectivity index (χ2v) is 5.79. The summed E-state index contributed by atoms with van der Waals surface area (Å²) in [6.45, 7) is 2.32. The van der Waals surface area contributed by atoms with E-state index >= 15 is 0 Å². The number of benzene rings is 1. The number of urea groups is 1. The molecule has 2 amide bonds. The number of aliphatic carboxylic acids is 1. The van der Waals surface area contributed by atoms with Crippen LogP contribution in [0.15, 0.2) is 24.3 Å². The van der Waals surface area contributed by atoms with E-state index in [9.17, 15) is 14.0 Å². The van der Waals surface area contributed by atoms with Gasteiger partial charge in [0.05, 0.1) is 5.92 Å². The molecule has 23 heavy (non-hydrogen) atoms. The number of rotatable bonds is 9. The van der Waals surface area contributed by atoms with Gasteiger partial charge in [0.15, 0.2) is 0 Å². The zero-order valence-corrected chi connectivity index (χ0v) is 13.7. The van der Waals surface area contributed by atoms with Gasteiger partial charge in [-0.15, -0.1) is 0 Å². The molecule has 0 spiro atoms. The van der Waals surface area contributed by atoms with Gasteiger partial charge in [-0.25, -0.2) is 9.18 Å². The summed E-state index contributed by atoms with van der Waals surface area (Å²) in [5.74, 6) is -1.72. The Morgan fingerprint density at radius 2 is 1.87 bits per heavy atom. The Labute approximate surface area is 136 Å². The second-order valence-electron chi connectivity index (χ2n) is 5.79. The summed E-state index contributed by atoms with van der Waals surface area (Å²) in [5, 5.41) is 11.6. The van der Waals surface area contributed by atoms with Crippen molar-refractivity contribution in [3.63, 3.8) is 0 Å². The third-order valence-corrected chi connectivity index (χ3v) is 3.65. The van der Waals surface area contributed by atoms with Crippen LogP contribution in [0, 0.1) is 11.7 Å². The average Bonchev–Trinajstić information content (AvgIpc) is 2.51. The lowest BCUT2D eigenvalue weighted by molar-refractivity contribution is -0.141. The molecule has 0 bridgehead atoms. The van der Waals surface area contributed by atoms with Crippen LogP contribution in [0.3, 0.4) is 0 Å². The number of nitrogens with one attached hydrogen (secondary N) is 1. The van der Waals surface area contributed by atoms with Crippen LogP contribution in [0.25, 0.3) is 0 Å². The number of aryl methyl sites for hydroxylation is 1. The van der Waals surface area contributed by atoms with Crippen molar-refractivity contribution in [1.82, 2.24) is 10.2 Å². The van der Waals surface area contributed by atoms with Crippen molar-refractivity contribution < 1.29 is 19.1 Å². The number of carbonyl (C=O) groups excluding carboxylic acids is 1. The Kier molecular flexibility index (Phi) is 8.08. The van der Waals surface area contributed by atoms with Crippen LogP contribution in [0.5, 0.6) is 0 Å². The first kappa shape index (κ1) is 18.9. The van der Waals surface area contributed by atoms with Crippen LogP contribution >= 0.6 is 0 Å². The molecule has 0 saturated heterocycles. The molecule has 1 aromatic rings. The highest BCUT2D eigenvalue weighted by atomic mass is 19.1. The van der Waals surface area contributed by atoms with Crippen LogP contribution in [0.4, 0.5) is 9.18 Å². The number of hydrogen-bond acceptors (Lipinski definition) is 2. The number of carboxylic acid groups (broad SMARTS) is 1. The molecular weight excluding hydrogens is 299 g/mol. The molecule has 2 N–H and O–H groups in total. The van der Waals surface area contributed by atoms with E-state index < -0.39 is 11.9 Å². The van der Waals surface area contributed by atoms with E-state index in [4.69, 9.17) is 5.11 Å². The van der Waals surface area contributed by atoms with E-state index in [1.807, 2.05) is 0 Å². The Hall–Kier alpha value is -2.11. The molecule has 0 aliphatic heterocycles. The summed E-state index contributed by atoms with van der Waals surface area (Å²) >= 11 is 0. The highest BCUT2D eigenvalue weighted by Crippen LogP contribution is 2.08. The van der Waals surface area contributed by atoms with E-state index in [2.05, 4.69) is 5.32 Å². The molecule has 0 radical (unpaired) electrons. The van der Waals surface area contributed by atoms with E-state index in [0.717, 1.165) is 31.2 Å². The molecule has 1 unspecified atom stereocenters. The van der Waals surface area contributed by atoms with Crippen molar-refractivity contribution in [3.05, 3.63) is 35.6 Å². The quantitative estimate of drug-likeness (QED) is 0.686. The standard InChI is InChI=1S/C17H25FN2O3/c1-13(16(21)22)12-20(2)17(23)19-11-5-3-4-6-14-7-9-15(18)10-8-14/h7-10,13H,3-6,11-12H2,1-2H3,(H,19,23)(H,21,22). The van der Waals surface area contributed by atoms with E-state index in [1.54, 1.807) is 26.1 Å². The van der Waals surface area contributed by atoms with Crippen LogP contribution in [-0.2, 0) is 11.2 Å². The summed E-state index contributed by atoms with van der Waals surface area (Å²) < 4.78 is 12.8. The number of carbonyl (C=O) groups is 2. The van der Waals surface area contributed by atoms with Crippen molar-refractivity contribution in [2.75, 3.05) is 20.1 Å². The predicted octanol–water partition coefficient (Wildman–Crippen LogP) is 2.90. The van der Waals surface area contributed by atoms with Crippen molar-refractivity contribution >= 4 is 12.0 Å². The molecule has 128 valence electrons. The van der Waals surface area contributed by atoms with Gasteiger partial charge >= 0.3 is 12.0 Å². The molecular formula is C17H25FN2O3. The van der Waals surface area contributed by atoms with Gasteiger partial charge in [-0.2, -0.15) is 0 Å². The predicted molar refractivity (Wildman–Crippen MR) is 86.8 cm³/mol. The lowest BCUT2D eigenvalue weighted by Gasteiger charge is -2.19. The molecule has 0 fully saturated rings. The first-order valence-electron chi connectivity index (χ1n) is 7.86. The number of carboxylic acids is 1. The minimum Gasteiger partial charge on any atom is -0.481 e. The van der Waals surface area contributed by atoms with Gasteiger partial charge in [0.25, 0.3) is 0 Å². The zero-order chi connectivity index (χ0) is 17.2. The largest absolute Gasteiger partial charge is 0.481 e. The fourth-order valence-corrected chi connectivity index (χ4v) is 2.18. The van der Waals surface area contributed by atoms with Crippen LogP contribution in [0.1, 0.15) is 31.7 Å². The summed E-state index contributed by atoms with van der Waals surface area (Å²) in [6, 6.07) is 6.25. The molecule has 0 heterocycles. The van der Waals surface area contributed by atoms with Crippen molar-refractivity contribution in [2.24, 2.45) is 5.92 Å². The van der Waals surface area contributed by atoms with Gasteiger partial charge in [0.1, 0.15) is 5.82 Å². The van der Waals surface area contributed by atoms with Crippen LogP contribution in [-0.4, -0.2) is 42.1 Å². The number of amides is 2. The maximum absolute atomic E-state index is 12.8. The number of nitrogens with zero attached hydrogens (tertiary/aromatic N) is 1. The SMILES string of the molecule is CC(CN(C)C(=O)NCCCCCc1ccc(F)cc1)C(=O)O. The van der Waals surface area contributed by atoms with Gasteiger partial charge < -0.3 is 15.3 Å². The molecule has 0 aliphatic rings. The smallest absolute Gasteiger partial charge is 0.317 e. The fraction of sp³-hybridized carbons (Fsp3) is 0.529. The van der Waals surface area contributed by atoms with Crippen LogP contribution < -0.4 is 5.32 Å². The molecule has 6 heteroatoms. The van der Waals surface area contributed by atoms with Crippen molar-refractivity contribution in [3.8, 4) is 0 Å². The number of hydrogen-bond donors (Lipinski definition) is 2. The topological polar surface area (TPSA) is 69.6 Å². The van der Waals surface area contributed by atoms with Gasteiger partial charge in [0.2, 0.25) is 0 Å². The first-order valence-corrected chi connectivity index (χ1v) is 7.86. The summed E-state index contributed by atoms with van der Waals surface area (Å²) in [6.07, 6.45) is 3.69. The van der Waals surface area contributed by atoms with Gasteiger partial charge in [0, 0.05) is 20.1 Å². The Morgan fingerprint density at radius 1 is 1.22 bits per heavy atom. The monoisotopic (exact) mass is 324 g/mol. The summed E-state index contributed by atoms with van der Waals surface area (Å²) in [7, 11) is 1.59. The first-order chi connectivity index (χ1) is 10.9. The molecule has 0 saturated carbocycles. The maximum Gasteiger partial charge on any atom is 0.317 e. The average molecular weight is 324 g/mol. The summed E-state index contributed by atoms with van der Waals surface area (Å²) in [5.41, 5.74) is 1.11. The highest BCUT2D eigenvalue weighted by molar-refractivity contribution is 5.75. The molecule has 1 aromatic carbocycles. The fourth-order valence-electron chi connectivity index (χ4n) is 2.18. The Bertz CT molecular complexity index is 505. The van der Waals surface area contributed by atoms with Gasteiger partial charge in [-0.1, -0.05) is 25.5 Å². The van der Waals surface area contributed by atoms with Gasteiger partial charge in [-0.3, -0.25) is 4.79 Å². The highest BCUT2D eigenvalue weighted by Gasteiger charge is 2.16. The second kappa shape index (κ2) is 9.82. The minimum absolute atomic E-state index is 0.186. The van der Waals surface area contributed by atoms with Gasteiger partial charge in [-0.05, 0) is 37.0 Å². The number of halogens is 1. The van der Waals surface area contributed by atoms with Crippen LogP contribution in [0.2, 0.25) is 0 Å². The van der Waals surface area contributed by atoms with E-state index in [0.29, 0.717) is 6.54 Å². The lowest BCUT2D eigenvalue weighted by atomic mass is 10.1. The van der Waals surface area contributed by atoms with Crippen molar-refractivity contribution in [2.45, 2.75) is 32.6 Å². The molecule has 0 aromatic heterocycles.